The van der Waals surface area contributed by atoms with Crippen LogP contribution in [0.1, 0.15) is 13.3 Å². The monoisotopic (exact) mass is 137 g/mol. The summed E-state index contributed by atoms with van der Waals surface area (Å²) in [4.78, 5) is 14.3. The van der Waals surface area contributed by atoms with Gasteiger partial charge in [-0.05, 0) is 12.8 Å². The third kappa shape index (κ3) is 2.97. The number of carbonyl (C=O) groups excluding carboxylic acids is 1. The van der Waals surface area contributed by atoms with Crippen molar-refractivity contribution in [1.29, 1.82) is 0 Å². The van der Waals surface area contributed by atoms with E-state index < -0.39 is 0 Å². The summed E-state index contributed by atoms with van der Waals surface area (Å²) in [6.45, 7) is 8.56. The highest BCUT2D eigenvalue weighted by Crippen LogP contribution is 1.97. The van der Waals surface area contributed by atoms with Gasteiger partial charge in [-0.2, -0.15) is 0 Å². The van der Waals surface area contributed by atoms with Crippen LogP contribution < -0.4 is 0 Å². The van der Waals surface area contributed by atoms with Gasteiger partial charge in [0.25, 0.3) is 0 Å². The molecule has 2 nitrogen and oxygen atoms in total. The second-order valence-electron chi connectivity index (χ2n) is 1.80. The maximum atomic E-state index is 10.8. The molecule has 0 aliphatic carbocycles. The number of aliphatic imine (C=N–C) groups is 1. The zero-order chi connectivity index (χ0) is 7.98. The summed E-state index contributed by atoms with van der Waals surface area (Å²) in [6, 6.07) is 0. The van der Waals surface area contributed by atoms with Crippen molar-refractivity contribution in [3.8, 4) is 0 Å². The fourth-order valence-corrected chi connectivity index (χ4v) is 0.463. The summed E-state index contributed by atoms with van der Waals surface area (Å²) in [5.74, 6) is 0.0416. The van der Waals surface area contributed by atoms with Crippen LogP contribution in [0.3, 0.4) is 0 Å². The van der Waals surface area contributed by atoms with Crippen LogP contribution in [0.5, 0.6) is 0 Å². The predicted molar refractivity (Wildman–Crippen MR) is 43.1 cm³/mol. The number of rotatable bonds is 4. The van der Waals surface area contributed by atoms with Gasteiger partial charge in [0.15, 0.2) is 5.78 Å². The molecule has 2 heteroatoms. The molecule has 0 aliphatic rings. The molecule has 0 aromatic carbocycles. The highest BCUT2D eigenvalue weighted by molar-refractivity contribution is 5.97. The van der Waals surface area contributed by atoms with Crippen molar-refractivity contribution in [3.63, 3.8) is 0 Å². The summed E-state index contributed by atoms with van der Waals surface area (Å²) in [5, 5.41) is 0. The SMILES string of the molecule is C=N/C=C\C(=C)C(=O)CC. The lowest BCUT2D eigenvalue weighted by Gasteiger charge is -1.91. The van der Waals surface area contributed by atoms with E-state index in [1.807, 2.05) is 0 Å². The Morgan fingerprint density at radius 3 is 2.70 bits per heavy atom. The first-order chi connectivity index (χ1) is 4.72. The van der Waals surface area contributed by atoms with Gasteiger partial charge in [0.05, 0.1) is 0 Å². The Morgan fingerprint density at radius 2 is 2.30 bits per heavy atom. The molecule has 54 valence electrons. The van der Waals surface area contributed by atoms with Gasteiger partial charge in [0, 0.05) is 18.2 Å². The van der Waals surface area contributed by atoms with Crippen molar-refractivity contribution in [2.75, 3.05) is 0 Å². The van der Waals surface area contributed by atoms with Gasteiger partial charge in [0.1, 0.15) is 0 Å². The van der Waals surface area contributed by atoms with Crippen molar-refractivity contribution >= 4 is 12.5 Å². The smallest absolute Gasteiger partial charge is 0.162 e. The van der Waals surface area contributed by atoms with Crippen LogP contribution in [0.4, 0.5) is 0 Å². The second kappa shape index (κ2) is 4.68. The van der Waals surface area contributed by atoms with E-state index in [1.54, 1.807) is 13.0 Å². The normalized spacial score (nSPS) is 9.70. The molecule has 0 radical (unpaired) electrons. The van der Waals surface area contributed by atoms with Gasteiger partial charge in [-0.15, -0.1) is 0 Å². The highest BCUT2D eigenvalue weighted by atomic mass is 16.1. The molecule has 10 heavy (non-hydrogen) atoms. The lowest BCUT2D eigenvalue weighted by atomic mass is 10.1. The van der Waals surface area contributed by atoms with Crippen LogP contribution in [0.25, 0.3) is 0 Å². The van der Waals surface area contributed by atoms with Gasteiger partial charge in [-0.25, -0.2) is 0 Å². The van der Waals surface area contributed by atoms with E-state index in [0.717, 1.165) is 0 Å². The largest absolute Gasteiger partial charge is 0.294 e. The Balaban J connectivity index is 3.97. The van der Waals surface area contributed by atoms with Crippen LogP contribution in [-0.4, -0.2) is 12.5 Å². The first-order valence-electron chi connectivity index (χ1n) is 3.06. The molecular weight excluding hydrogens is 126 g/mol. The number of nitrogens with zero attached hydrogens (tertiary/aromatic N) is 1. The molecule has 0 unspecified atom stereocenters. The summed E-state index contributed by atoms with van der Waals surface area (Å²) in [5.41, 5.74) is 0.481. The Kier molecular flexibility index (Phi) is 4.12. The molecule has 0 fully saturated rings. The molecule has 0 saturated carbocycles. The molecule has 0 N–H and O–H groups in total. The fourth-order valence-electron chi connectivity index (χ4n) is 0.463. The Labute approximate surface area is 61.0 Å². The molecule has 0 saturated heterocycles. The molecular formula is C8H11NO. The molecule has 0 bridgehead atoms. The number of hydrogen-bond donors (Lipinski definition) is 0. The number of carbonyl (C=O) groups is 1. The Bertz CT molecular complexity index is 180. The van der Waals surface area contributed by atoms with Crippen LogP contribution in [0.15, 0.2) is 29.4 Å². The van der Waals surface area contributed by atoms with E-state index in [9.17, 15) is 4.79 Å². The number of allylic oxidation sites excluding steroid dienone is 2. The highest BCUT2D eigenvalue weighted by Gasteiger charge is 1.97. The molecule has 0 aromatic rings. The van der Waals surface area contributed by atoms with Crippen molar-refractivity contribution in [2.24, 2.45) is 4.99 Å². The lowest BCUT2D eigenvalue weighted by Crippen LogP contribution is -1.94. The van der Waals surface area contributed by atoms with Crippen molar-refractivity contribution in [3.05, 3.63) is 24.4 Å². The second-order valence-corrected chi connectivity index (χ2v) is 1.80. The molecule has 0 aromatic heterocycles. The van der Waals surface area contributed by atoms with E-state index >= 15 is 0 Å². The molecule has 0 atom stereocenters. The van der Waals surface area contributed by atoms with Crippen molar-refractivity contribution in [2.45, 2.75) is 13.3 Å². The minimum Gasteiger partial charge on any atom is -0.294 e. The molecule has 0 spiro atoms. The average Bonchev–Trinajstić information content (AvgIpc) is 1.98. The quantitative estimate of drug-likeness (QED) is 0.329. The van der Waals surface area contributed by atoms with E-state index in [-0.39, 0.29) is 5.78 Å². The molecule has 0 heterocycles. The maximum absolute atomic E-state index is 10.8. The van der Waals surface area contributed by atoms with E-state index in [1.165, 1.54) is 6.20 Å². The maximum Gasteiger partial charge on any atom is 0.162 e. The van der Waals surface area contributed by atoms with Crippen LogP contribution in [0.2, 0.25) is 0 Å². The Morgan fingerprint density at radius 1 is 1.70 bits per heavy atom. The van der Waals surface area contributed by atoms with Crippen molar-refractivity contribution in [1.82, 2.24) is 0 Å². The first kappa shape index (κ1) is 8.82. The zero-order valence-corrected chi connectivity index (χ0v) is 6.13. The van der Waals surface area contributed by atoms with Crippen LogP contribution in [-0.2, 0) is 4.79 Å². The topological polar surface area (TPSA) is 29.4 Å². The van der Waals surface area contributed by atoms with E-state index in [0.29, 0.717) is 12.0 Å². The molecule has 0 aliphatic heterocycles. The lowest BCUT2D eigenvalue weighted by molar-refractivity contribution is -0.114. The van der Waals surface area contributed by atoms with Crippen LogP contribution >= 0.6 is 0 Å². The van der Waals surface area contributed by atoms with Crippen LogP contribution in [0, 0.1) is 0 Å². The molecule has 0 rings (SSSR count). The summed E-state index contributed by atoms with van der Waals surface area (Å²) < 4.78 is 0. The standard InChI is InChI=1S/C8H11NO/c1-4-8(10)7(2)5-6-9-3/h5-6H,2-4H2,1H3/b6-5-. The summed E-state index contributed by atoms with van der Waals surface area (Å²) in [7, 11) is 0. The Hall–Kier alpha value is -1.18. The average molecular weight is 137 g/mol. The van der Waals surface area contributed by atoms with Gasteiger partial charge in [-0.1, -0.05) is 13.5 Å². The van der Waals surface area contributed by atoms with Gasteiger partial charge in [-0.3, -0.25) is 9.79 Å². The molecule has 0 amide bonds. The van der Waals surface area contributed by atoms with Gasteiger partial charge < -0.3 is 0 Å². The fraction of sp³-hybridized carbons (Fsp3) is 0.250. The van der Waals surface area contributed by atoms with E-state index in [2.05, 4.69) is 18.3 Å². The third-order valence-corrected chi connectivity index (χ3v) is 1.06. The van der Waals surface area contributed by atoms with Gasteiger partial charge in [0.2, 0.25) is 0 Å². The first-order valence-corrected chi connectivity index (χ1v) is 3.06. The number of Topliss-reactive ketones (excluding diaryl/α,β-unsaturated/α-hetero) is 1. The number of ketones is 1. The van der Waals surface area contributed by atoms with E-state index in [4.69, 9.17) is 0 Å². The third-order valence-electron chi connectivity index (χ3n) is 1.06. The zero-order valence-electron chi connectivity index (χ0n) is 6.13. The summed E-state index contributed by atoms with van der Waals surface area (Å²) in [6.07, 6.45) is 3.50. The summed E-state index contributed by atoms with van der Waals surface area (Å²) >= 11 is 0. The minimum absolute atomic E-state index is 0.0416. The number of hydrogen-bond acceptors (Lipinski definition) is 2. The van der Waals surface area contributed by atoms with Gasteiger partial charge >= 0.3 is 0 Å². The van der Waals surface area contributed by atoms with Crippen molar-refractivity contribution < 1.29 is 4.79 Å². The minimum atomic E-state index is 0.0416. The predicted octanol–water partition coefficient (Wildman–Crippen LogP) is 1.74.